The number of carboxylic acid groups (broad SMARTS) is 1. The number of aliphatic carboxylic acids is 1. The van der Waals surface area contributed by atoms with Crippen molar-refractivity contribution in [1.29, 1.82) is 0 Å². The quantitative estimate of drug-likeness (QED) is 0.762. The summed E-state index contributed by atoms with van der Waals surface area (Å²) < 4.78 is 23.1. The molecule has 1 aliphatic carbocycles. The SMILES string of the molecule is CCCC(NC1CCCC(S(C)(=O)=O)C1)C(=O)O. The van der Waals surface area contributed by atoms with Crippen LogP contribution in [0.15, 0.2) is 0 Å². The van der Waals surface area contributed by atoms with Gasteiger partial charge in [0.2, 0.25) is 0 Å². The van der Waals surface area contributed by atoms with Crippen LogP contribution in [0.2, 0.25) is 0 Å². The molecule has 0 amide bonds. The van der Waals surface area contributed by atoms with E-state index in [1.54, 1.807) is 0 Å². The van der Waals surface area contributed by atoms with E-state index in [1.807, 2.05) is 6.92 Å². The lowest BCUT2D eigenvalue weighted by Gasteiger charge is -2.30. The number of rotatable bonds is 6. The van der Waals surface area contributed by atoms with E-state index in [1.165, 1.54) is 6.26 Å². The molecule has 106 valence electrons. The number of nitrogens with one attached hydrogen (secondary N) is 1. The highest BCUT2D eigenvalue weighted by molar-refractivity contribution is 7.91. The first kappa shape index (κ1) is 15.4. The second-order valence-electron chi connectivity index (χ2n) is 5.16. The van der Waals surface area contributed by atoms with E-state index in [9.17, 15) is 13.2 Å². The molecule has 0 aromatic heterocycles. The third-order valence-electron chi connectivity index (χ3n) is 3.54. The molecule has 0 heterocycles. The molecule has 18 heavy (non-hydrogen) atoms. The minimum absolute atomic E-state index is 0.00567. The topological polar surface area (TPSA) is 83.5 Å². The first-order chi connectivity index (χ1) is 8.34. The van der Waals surface area contributed by atoms with Gasteiger partial charge in [-0.15, -0.1) is 0 Å². The molecule has 3 unspecified atom stereocenters. The monoisotopic (exact) mass is 277 g/mol. The van der Waals surface area contributed by atoms with Crippen molar-refractivity contribution in [3.8, 4) is 0 Å². The fourth-order valence-electron chi connectivity index (χ4n) is 2.54. The zero-order valence-corrected chi connectivity index (χ0v) is 11.9. The summed E-state index contributed by atoms with van der Waals surface area (Å²) in [5.74, 6) is -0.849. The van der Waals surface area contributed by atoms with Crippen molar-refractivity contribution in [3.05, 3.63) is 0 Å². The molecule has 1 rings (SSSR count). The van der Waals surface area contributed by atoms with Gasteiger partial charge in [0.25, 0.3) is 0 Å². The number of carboxylic acids is 1. The van der Waals surface area contributed by atoms with Crippen molar-refractivity contribution in [3.63, 3.8) is 0 Å². The van der Waals surface area contributed by atoms with E-state index < -0.39 is 21.8 Å². The number of hydrogen-bond donors (Lipinski definition) is 2. The maximum Gasteiger partial charge on any atom is 0.320 e. The second-order valence-corrected chi connectivity index (χ2v) is 7.49. The zero-order chi connectivity index (χ0) is 13.8. The first-order valence-corrected chi connectivity index (χ1v) is 8.47. The van der Waals surface area contributed by atoms with Crippen LogP contribution in [-0.2, 0) is 14.6 Å². The molecule has 0 aromatic carbocycles. The Morgan fingerprint density at radius 2 is 2.11 bits per heavy atom. The van der Waals surface area contributed by atoms with Gasteiger partial charge >= 0.3 is 5.97 Å². The van der Waals surface area contributed by atoms with Crippen LogP contribution in [0.5, 0.6) is 0 Å². The Labute approximate surface area is 109 Å². The summed E-state index contributed by atoms with van der Waals surface area (Å²) in [6.07, 6.45) is 5.57. The van der Waals surface area contributed by atoms with Crippen LogP contribution in [0.25, 0.3) is 0 Å². The average molecular weight is 277 g/mol. The van der Waals surface area contributed by atoms with Crippen LogP contribution < -0.4 is 5.32 Å². The average Bonchev–Trinajstić information content (AvgIpc) is 2.27. The summed E-state index contributed by atoms with van der Waals surface area (Å²) in [4.78, 5) is 11.1. The minimum Gasteiger partial charge on any atom is -0.480 e. The Balaban J connectivity index is 2.58. The molecule has 1 fully saturated rings. The molecule has 0 radical (unpaired) electrons. The summed E-state index contributed by atoms with van der Waals surface area (Å²) in [6, 6.07) is -0.551. The fourth-order valence-corrected chi connectivity index (χ4v) is 3.71. The molecule has 6 heteroatoms. The lowest BCUT2D eigenvalue weighted by atomic mass is 9.94. The predicted molar refractivity (Wildman–Crippen MR) is 70.4 cm³/mol. The van der Waals surface area contributed by atoms with Crippen LogP contribution in [0.3, 0.4) is 0 Å². The maximum absolute atomic E-state index is 11.5. The lowest BCUT2D eigenvalue weighted by molar-refractivity contribution is -0.140. The fraction of sp³-hybridized carbons (Fsp3) is 0.917. The molecule has 0 aromatic rings. The van der Waals surface area contributed by atoms with Crippen LogP contribution in [0, 0.1) is 0 Å². The Morgan fingerprint density at radius 1 is 1.44 bits per heavy atom. The van der Waals surface area contributed by atoms with Gasteiger partial charge in [0, 0.05) is 12.3 Å². The molecular formula is C12H23NO4S. The molecule has 5 nitrogen and oxygen atoms in total. The van der Waals surface area contributed by atoms with E-state index in [2.05, 4.69) is 5.32 Å². The summed E-state index contributed by atoms with van der Waals surface area (Å²) in [7, 11) is -3.01. The van der Waals surface area contributed by atoms with Crippen molar-refractivity contribution >= 4 is 15.8 Å². The van der Waals surface area contributed by atoms with Crippen molar-refractivity contribution in [2.24, 2.45) is 0 Å². The van der Waals surface area contributed by atoms with Gasteiger partial charge in [0.05, 0.1) is 5.25 Å². The summed E-state index contributed by atoms with van der Waals surface area (Å²) >= 11 is 0. The number of hydrogen-bond acceptors (Lipinski definition) is 4. The molecule has 0 spiro atoms. The Bertz CT molecular complexity index is 380. The van der Waals surface area contributed by atoms with Gasteiger partial charge in [-0.05, 0) is 25.7 Å². The molecule has 3 atom stereocenters. The highest BCUT2D eigenvalue weighted by Gasteiger charge is 2.30. The van der Waals surface area contributed by atoms with Crippen LogP contribution in [0.4, 0.5) is 0 Å². The van der Waals surface area contributed by atoms with Crippen LogP contribution in [0.1, 0.15) is 45.4 Å². The van der Waals surface area contributed by atoms with Gasteiger partial charge in [-0.3, -0.25) is 4.79 Å². The molecule has 2 N–H and O–H groups in total. The standard InChI is InChI=1S/C12H23NO4S/c1-3-5-11(12(14)15)13-9-6-4-7-10(8-9)18(2,16)17/h9-11,13H,3-8H2,1-2H3,(H,14,15). The lowest BCUT2D eigenvalue weighted by Crippen LogP contribution is -2.47. The molecule has 1 aliphatic rings. The third kappa shape index (κ3) is 4.57. The van der Waals surface area contributed by atoms with Gasteiger partial charge in [0.1, 0.15) is 15.9 Å². The van der Waals surface area contributed by atoms with Crippen molar-refractivity contribution in [2.45, 2.75) is 62.8 Å². The predicted octanol–water partition coefficient (Wildman–Crippen LogP) is 1.19. The first-order valence-electron chi connectivity index (χ1n) is 6.52. The normalized spacial score (nSPS) is 26.8. The van der Waals surface area contributed by atoms with E-state index in [0.29, 0.717) is 19.3 Å². The Morgan fingerprint density at radius 3 is 2.61 bits per heavy atom. The molecule has 0 bridgehead atoms. The van der Waals surface area contributed by atoms with E-state index in [0.717, 1.165) is 19.3 Å². The van der Waals surface area contributed by atoms with Crippen molar-refractivity contribution < 1.29 is 18.3 Å². The third-order valence-corrected chi connectivity index (χ3v) is 5.18. The molecular weight excluding hydrogens is 254 g/mol. The zero-order valence-electron chi connectivity index (χ0n) is 11.1. The Kier molecular flexibility index (Phi) is 5.59. The smallest absolute Gasteiger partial charge is 0.320 e. The van der Waals surface area contributed by atoms with E-state index in [-0.39, 0.29) is 11.3 Å². The van der Waals surface area contributed by atoms with Gasteiger partial charge < -0.3 is 10.4 Å². The highest BCUT2D eigenvalue weighted by Crippen LogP contribution is 2.24. The molecule has 1 saturated carbocycles. The van der Waals surface area contributed by atoms with Crippen LogP contribution >= 0.6 is 0 Å². The van der Waals surface area contributed by atoms with E-state index >= 15 is 0 Å². The number of carbonyl (C=O) groups is 1. The van der Waals surface area contributed by atoms with Crippen LogP contribution in [-0.4, -0.2) is 43.1 Å². The Hall–Kier alpha value is -0.620. The van der Waals surface area contributed by atoms with Gasteiger partial charge in [-0.2, -0.15) is 0 Å². The summed E-state index contributed by atoms with van der Waals surface area (Å²) in [5, 5.41) is 11.9. The van der Waals surface area contributed by atoms with Gasteiger partial charge in [-0.25, -0.2) is 8.42 Å². The van der Waals surface area contributed by atoms with Gasteiger partial charge in [0.15, 0.2) is 0 Å². The van der Waals surface area contributed by atoms with Crippen molar-refractivity contribution in [2.75, 3.05) is 6.26 Å². The largest absolute Gasteiger partial charge is 0.480 e. The molecule has 0 saturated heterocycles. The highest BCUT2D eigenvalue weighted by atomic mass is 32.2. The van der Waals surface area contributed by atoms with Crippen molar-refractivity contribution in [1.82, 2.24) is 5.32 Å². The summed E-state index contributed by atoms with van der Waals surface area (Å²) in [6.45, 7) is 1.94. The summed E-state index contributed by atoms with van der Waals surface area (Å²) in [5.41, 5.74) is 0. The van der Waals surface area contributed by atoms with E-state index in [4.69, 9.17) is 5.11 Å². The second kappa shape index (κ2) is 6.52. The minimum atomic E-state index is -3.01. The van der Waals surface area contributed by atoms with Gasteiger partial charge in [-0.1, -0.05) is 19.8 Å². The molecule has 0 aliphatic heterocycles. The number of sulfone groups is 1. The maximum atomic E-state index is 11.5.